The summed E-state index contributed by atoms with van der Waals surface area (Å²) in [5, 5.41) is 19.0. The molecule has 8 nitrogen and oxygen atoms in total. The molecule has 0 saturated carbocycles. The van der Waals surface area contributed by atoms with E-state index < -0.39 is 29.4 Å². The smallest absolute Gasteiger partial charge is 0.348 e. The molecule has 22 heavy (non-hydrogen) atoms. The molecule has 1 saturated heterocycles. The van der Waals surface area contributed by atoms with Crippen LogP contribution in [-0.2, 0) is 23.9 Å². The van der Waals surface area contributed by atoms with Gasteiger partial charge in [0.15, 0.2) is 6.29 Å². The number of ether oxygens (including phenoxy) is 2. The molecule has 8 heteroatoms. The normalized spacial score (nSPS) is 28.8. The molecule has 0 aromatic rings. The summed E-state index contributed by atoms with van der Waals surface area (Å²) in [7, 11) is 0. The van der Waals surface area contributed by atoms with E-state index in [9.17, 15) is 19.8 Å². The third-order valence-corrected chi connectivity index (χ3v) is 3.73. The SMILES string of the molecule is CC1=CC(C)(CC(OC2CCCCO2)(C(=O)O)C(=O)O)ON1. The van der Waals surface area contributed by atoms with Gasteiger partial charge in [0.2, 0.25) is 0 Å². The minimum atomic E-state index is -2.43. The molecule has 124 valence electrons. The molecule has 2 heterocycles. The first-order valence-corrected chi connectivity index (χ1v) is 7.17. The van der Waals surface area contributed by atoms with Gasteiger partial charge in [0.05, 0.1) is 0 Å². The quantitative estimate of drug-likeness (QED) is 0.623. The number of nitrogens with one attached hydrogen (secondary N) is 1. The van der Waals surface area contributed by atoms with Gasteiger partial charge in [0.1, 0.15) is 5.60 Å². The van der Waals surface area contributed by atoms with Gasteiger partial charge in [-0.05, 0) is 39.2 Å². The fraction of sp³-hybridized carbons (Fsp3) is 0.714. The molecule has 0 amide bonds. The van der Waals surface area contributed by atoms with Gasteiger partial charge in [-0.1, -0.05) is 0 Å². The molecule has 2 rings (SSSR count). The second-order valence-corrected chi connectivity index (χ2v) is 5.87. The zero-order valence-corrected chi connectivity index (χ0v) is 12.6. The lowest BCUT2D eigenvalue weighted by Crippen LogP contribution is -2.56. The van der Waals surface area contributed by atoms with Crippen molar-refractivity contribution in [2.45, 2.75) is 57.0 Å². The third-order valence-electron chi connectivity index (χ3n) is 3.73. The fourth-order valence-electron chi connectivity index (χ4n) is 2.71. The van der Waals surface area contributed by atoms with Crippen LogP contribution in [0.2, 0.25) is 0 Å². The predicted octanol–water partition coefficient (Wildman–Crippen LogP) is 1.02. The van der Waals surface area contributed by atoms with E-state index in [0.717, 1.165) is 12.8 Å². The van der Waals surface area contributed by atoms with E-state index in [1.54, 1.807) is 19.9 Å². The zero-order chi connectivity index (χ0) is 16.4. The minimum Gasteiger partial charge on any atom is -0.479 e. The van der Waals surface area contributed by atoms with E-state index in [-0.39, 0.29) is 6.42 Å². The minimum absolute atomic E-state index is 0.380. The number of carboxylic acid groups (broad SMARTS) is 2. The van der Waals surface area contributed by atoms with Crippen molar-refractivity contribution in [2.75, 3.05) is 6.61 Å². The Morgan fingerprint density at radius 3 is 2.59 bits per heavy atom. The maximum atomic E-state index is 11.7. The van der Waals surface area contributed by atoms with Crippen LogP contribution < -0.4 is 5.48 Å². The molecule has 1 fully saturated rings. The molecule has 0 radical (unpaired) electrons. The van der Waals surface area contributed by atoms with Gasteiger partial charge < -0.3 is 19.7 Å². The highest BCUT2D eigenvalue weighted by atomic mass is 16.7. The largest absolute Gasteiger partial charge is 0.479 e. The summed E-state index contributed by atoms with van der Waals surface area (Å²) in [5.41, 5.74) is -0.249. The molecule has 3 N–H and O–H groups in total. The summed E-state index contributed by atoms with van der Waals surface area (Å²) in [5.74, 6) is -3.14. The summed E-state index contributed by atoms with van der Waals surface area (Å²) < 4.78 is 10.7. The van der Waals surface area contributed by atoms with Crippen molar-refractivity contribution in [3.8, 4) is 0 Å². The topological polar surface area (TPSA) is 114 Å². The Hall–Kier alpha value is -1.64. The average molecular weight is 315 g/mol. The number of hydroxylamine groups is 1. The van der Waals surface area contributed by atoms with Crippen molar-refractivity contribution in [1.82, 2.24) is 5.48 Å². The second kappa shape index (κ2) is 6.23. The van der Waals surface area contributed by atoms with Crippen molar-refractivity contribution in [1.29, 1.82) is 0 Å². The van der Waals surface area contributed by atoms with E-state index in [4.69, 9.17) is 14.3 Å². The number of aliphatic carboxylic acids is 2. The van der Waals surface area contributed by atoms with Crippen LogP contribution in [0.25, 0.3) is 0 Å². The molecule has 0 bridgehead atoms. The zero-order valence-electron chi connectivity index (χ0n) is 12.6. The van der Waals surface area contributed by atoms with Crippen LogP contribution in [-0.4, -0.2) is 46.3 Å². The molecule has 0 aliphatic carbocycles. The van der Waals surface area contributed by atoms with Gasteiger partial charge in [-0.2, -0.15) is 0 Å². The van der Waals surface area contributed by atoms with E-state index in [2.05, 4.69) is 5.48 Å². The Balaban J connectivity index is 2.24. The Morgan fingerprint density at radius 1 is 1.45 bits per heavy atom. The van der Waals surface area contributed by atoms with Gasteiger partial charge in [-0.3, -0.25) is 10.3 Å². The summed E-state index contributed by atoms with van der Waals surface area (Å²) in [6.45, 7) is 3.76. The van der Waals surface area contributed by atoms with Gasteiger partial charge in [0, 0.05) is 18.7 Å². The molecule has 0 aromatic carbocycles. The van der Waals surface area contributed by atoms with Gasteiger partial charge >= 0.3 is 11.9 Å². The standard InChI is InChI=1S/C14H21NO7/c1-9-7-13(2,22-15-9)8-14(11(16)17,12(18)19)21-10-5-3-4-6-20-10/h7,10,15H,3-6,8H2,1-2H3,(H,16,17)(H,18,19). The maximum absolute atomic E-state index is 11.7. The van der Waals surface area contributed by atoms with Gasteiger partial charge in [-0.15, -0.1) is 0 Å². The number of rotatable bonds is 6. The number of carbonyl (C=O) groups is 2. The lowest BCUT2D eigenvalue weighted by atomic mass is 9.87. The third kappa shape index (κ3) is 3.40. The van der Waals surface area contributed by atoms with Crippen LogP contribution >= 0.6 is 0 Å². The van der Waals surface area contributed by atoms with Crippen molar-refractivity contribution in [3.63, 3.8) is 0 Å². The van der Waals surface area contributed by atoms with Crippen LogP contribution in [0.5, 0.6) is 0 Å². The van der Waals surface area contributed by atoms with E-state index in [0.29, 0.717) is 18.7 Å². The lowest BCUT2D eigenvalue weighted by Gasteiger charge is -2.35. The van der Waals surface area contributed by atoms with Crippen molar-refractivity contribution in [3.05, 3.63) is 11.8 Å². The first-order chi connectivity index (χ1) is 10.3. The molecule has 0 aromatic heterocycles. The Bertz CT molecular complexity index is 470. The summed E-state index contributed by atoms with van der Waals surface area (Å²) in [6.07, 6.45) is 2.53. The summed E-state index contributed by atoms with van der Waals surface area (Å²) in [4.78, 5) is 28.7. The van der Waals surface area contributed by atoms with Crippen LogP contribution in [0.3, 0.4) is 0 Å². The van der Waals surface area contributed by atoms with Gasteiger partial charge in [0.25, 0.3) is 5.60 Å². The van der Waals surface area contributed by atoms with E-state index >= 15 is 0 Å². The van der Waals surface area contributed by atoms with Crippen LogP contribution in [0.15, 0.2) is 11.8 Å². The average Bonchev–Trinajstić information content (AvgIpc) is 2.78. The first kappa shape index (κ1) is 16.7. The van der Waals surface area contributed by atoms with Crippen LogP contribution in [0, 0.1) is 0 Å². The summed E-state index contributed by atoms with van der Waals surface area (Å²) in [6, 6.07) is 0. The molecular weight excluding hydrogens is 294 g/mol. The Labute approximate surface area is 128 Å². The highest BCUT2D eigenvalue weighted by Crippen LogP contribution is 2.34. The highest BCUT2D eigenvalue weighted by molar-refractivity contribution is 6.02. The second-order valence-electron chi connectivity index (χ2n) is 5.87. The molecule has 2 unspecified atom stereocenters. The van der Waals surface area contributed by atoms with Gasteiger partial charge in [-0.25, -0.2) is 9.59 Å². The Morgan fingerprint density at radius 2 is 2.14 bits per heavy atom. The molecule has 2 aliphatic rings. The first-order valence-electron chi connectivity index (χ1n) is 7.17. The van der Waals surface area contributed by atoms with Crippen LogP contribution in [0.1, 0.15) is 39.5 Å². The number of carboxylic acids is 2. The molecule has 2 atom stereocenters. The van der Waals surface area contributed by atoms with Crippen molar-refractivity contribution in [2.24, 2.45) is 0 Å². The predicted molar refractivity (Wildman–Crippen MR) is 73.7 cm³/mol. The van der Waals surface area contributed by atoms with Crippen molar-refractivity contribution >= 4 is 11.9 Å². The number of hydrogen-bond donors (Lipinski definition) is 3. The van der Waals surface area contributed by atoms with E-state index in [1.807, 2.05) is 0 Å². The Kier molecular flexibility index (Phi) is 4.74. The molecular formula is C14H21NO7. The van der Waals surface area contributed by atoms with Crippen LogP contribution in [0.4, 0.5) is 0 Å². The van der Waals surface area contributed by atoms with E-state index in [1.165, 1.54) is 0 Å². The monoisotopic (exact) mass is 315 g/mol. The summed E-state index contributed by atoms with van der Waals surface area (Å²) >= 11 is 0. The fourth-order valence-corrected chi connectivity index (χ4v) is 2.71. The number of allylic oxidation sites excluding steroid dienone is 1. The maximum Gasteiger partial charge on any atom is 0.348 e. The molecule has 2 aliphatic heterocycles. The van der Waals surface area contributed by atoms with Crippen molar-refractivity contribution < 1.29 is 34.1 Å². The number of hydrogen-bond acceptors (Lipinski definition) is 6. The molecule has 0 spiro atoms. The highest BCUT2D eigenvalue weighted by Gasteiger charge is 2.55. The lowest BCUT2D eigenvalue weighted by molar-refractivity contribution is -0.245.